The van der Waals surface area contributed by atoms with Crippen LogP contribution in [0, 0.1) is 17.8 Å². The summed E-state index contributed by atoms with van der Waals surface area (Å²) < 4.78 is 53.5. The number of rotatable bonds is 1. The van der Waals surface area contributed by atoms with Crippen LogP contribution in [0.1, 0.15) is 39.0 Å². The fourth-order valence-electron chi connectivity index (χ4n) is 3.38. The van der Waals surface area contributed by atoms with Gasteiger partial charge in [0.2, 0.25) is 0 Å². The lowest BCUT2D eigenvalue weighted by Gasteiger charge is -2.39. The highest BCUT2D eigenvalue weighted by molar-refractivity contribution is 4.93. The molecule has 0 radical (unpaired) electrons. The smallest absolute Gasteiger partial charge is 0.162 e. The fraction of sp³-hybridized carbons (Fsp3) is 1.00. The van der Waals surface area contributed by atoms with Gasteiger partial charge in [0.25, 0.3) is 0 Å². The Balaban J connectivity index is 1.98. The van der Waals surface area contributed by atoms with Crippen molar-refractivity contribution in [3.8, 4) is 0 Å². The Labute approximate surface area is 99.8 Å². The van der Waals surface area contributed by atoms with Gasteiger partial charge in [-0.05, 0) is 43.4 Å². The van der Waals surface area contributed by atoms with Gasteiger partial charge in [-0.25, -0.2) is 17.6 Å². The zero-order chi connectivity index (χ0) is 12.6. The van der Waals surface area contributed by atoms with Gasteiger partial charge in [0.1, 0.15) is 18.5 Å². The molecule has 0 N–H and O–H groups in total. The van der Waals surface area contributed by atoms with Crippen molar-refractivity contribution in [2.45, 2.75) is 63.7 Å². The Morgan fingerprint density at radius 2 is 1.35 bits per heavy atom. The van der Waals surface area contributed by atoms with E-state index in [9.17, 15) is 17.6 Å². The average molecular weight is 252 g/mol. The molecule has 0 nitrogen and oxygen atoms in total. The first-order chi connectivity index (χ1) is 7.99. The summed E-state index contributed by atoms with van der Waals surface area (Å²) >= 11 is 0. The molecule has 0 heterocycles. The first-order valence-corrected chi connectivity index (χ1v) is 6.55. The molecule has 2 fully saturated rings. The predicted molar refractivity (Wildman–Crippen MR) is 58.8 cm³/mol. The zero-order valence-electron chi connectivity index (χ0n) is 10.1. The Morgan fingerprint density at radius 1 is 0.765 bits per heavy atom. The molecule has 0 spiro atoms. The van der Waals surface area contributed by atoms with E-state index in [0.29, 0.717) is 18.8 Å². The van der Waals surface area contributed by atoms with Crippen molar-refractivity contribution in [2.24, 2.45) is 17.8 Å². The topological polar surface area (TPSA) is 0 Å². The maximum Gasteiger partial charge on any atom is 0.162 e. The Morgan fingerprint density at radius 3 is 1.88 bits per heavy atom. The first kappa shape index (κ1) is 13.2. The third-order valence-corrected chi connectivity index (χ3v) is 4.44. The highest BCUT2D eigenvalue weighted by Crippen LogP contribution is 2.43. The van der Waals surface area contributed by atoms with Crippen LogP contribution in [0.25, 0.3) is 0 Å². The van der Waals surface area contributed by atoms with Crippen molar-refractivity contribution in [2.75, 3.05) is 0 Å². The van der Waals surface area contributed by atoms with Gasteiger partial charge in [0.15, 0.2) is 6.17 Å². The third-order valence-electron chi connectivity index (χ3n) is 4.44. The number of hydrogen-bond donors (Lipinski definition) is 0. The summed E-state index contributed by atoms with van der Waals surface area (Å²) in [4.78, 5) is 0. The van der Waals surface area contributed by atoms with E-state index in [-0.39, 0.29) is 24.7 Å². The van der Waals surface area contributed by atoms with Crippen LogP contribution in [-0.2, 0) is 0 Å². The van der Waals surface area contributed by atoms with Crippen LogP contribution in [-0.4, -0.2) is 24.7 Å². The second-order valence-electron chi connectivity index (χ2n) is 5.81. The van der Waals surface area contributed by atoms with Crippen molar-refractivity contribution in [3.63, 3.8) is 0 Å². The summed E-state index contributed by atoms with van der Waals surface area (Å²) in [6.45, 7) is 2.00. The maximum atomic E-state index is 13.9. The van der Waals surface area contributed by atoms with Crippen LogP contribution in [0.15, 0.2) is 0 Å². The lowest BCUT2D eigenvalue weighted by atomic mass is 9.69. The van der Waals surface area contributed by atoms with Crippen LogP contribution < -0.4 is 0 Å². The maximum absolute atomic E-state index is 13.9. The lowest BCUT2D eigenvalue weighted by Crippen LogP contribution is -2.42. The molecule has 0 aromatic heterocycles. The molecule has 2 rings (SSSR count). The average Bonchev–Trinajstić information content (AvgIpc) is 2.25. The van der Waals surface area contributed by atoms with Gasteiger partial charge in [-0.2, -0.15) is 0 Å². The van der Waals surface area contributed by atoms with Crippen molar-refractivity contribution in [1.82, 2.24) is 0 Å². The van der Waals surface area contributed by atoms with Gasteiger partial charge in [-0.1, -0.05) is 13.3 Å². The molecule has 2 aliphatic carbocycles. The molecule has 4 heteroatoms. The van der Waals surface area contributed by atoms with E-state index in [0.717, 1.165) is 6.42 Å². The van der Waals surface area contributed by atoms with Gasteiger partial charge in [0, 0.05) is 0 Å². The van der Waals surface area contributed by atoms with Crippen LogP contribution in [0.3, 0.4) is 0 Å². The van der Waals surface area contributed by atoms with Gasteiger partial charge in [-0.3, -0.25) is 0 Å². The van der Waals surface area contributed by atoms with E-state index in [1.165, 1.54) is 0 Å². The van der Waals surface area contributed by atoms with E-state index >= 15 is 0 Å². The normalized spacial score (nSPS) is 52.4. The number of halogens is 4. The number of alkyl halides is 4. The zero-order valence-corrected chi connectivity index (χ0v) is 10.1. The van der Waals surface area contributed by atoms with Crippen LogP contribution in [0.2, 0.25) is 0 Å². The Bertz CT molecular complexity index is 246. The molecule has 0 saturated heterocycles. The van der Waals surface area contributed by atoms with E-state index in [2.05, 4.69) is 0 Å². The molecular weight excluding hydrogens is 232 g/mol. The summed E-state index contributed by atoms with van der Waals surface area (Å²) in [5.74, 6) is -0.245. The van der Waals surface area contributed by atoms with E-state index in [1.54, 1.807) is 0 Å². The predicted octanol–water partition coefficient (Wildman–Crippen LogP) is 4.19. The minimum atomic E-state index is -2.01. The molecule has 2 saturated carbocycles. The quantitative estimate of drug-likeness (QED) is 0.614. The summed E-state index contributed by atoms with van der Waals surface area (Å²) in [7, 11) is 0. The minimum absolute atomic E-state index is 0.0128. The lowest BCUT2D eigenvalue weighted by molar-refractivity contribution is -0.0221. The molecule has 5 atom stereocenters. The molecule has 0 aromatic rings. The van der Waals surface area contributed by atoms with Crippen molar-refractivity contribution >= 4 is 0 Å². The Kier molecular flexibility index (Phi) is 3.99. The van der Waals surface area contributed by atoms with Gasteiger partial charge in [-0.15, -0.1) is 0 Å². The van der Waals surface area contributed by atoms with E-state index in [1.807, 2.05) is 6.92 Å². The van der Waals surface area contributed by atoms with Gasteiger partial charge >= 0.3 is 0 Å². The van der Waals surface area contributed by atoms with Gasteiger partial charge < -0.3 is 0 Å². The number of hydrogen-bond acceptors (Lipinski definition) is 0. The Hall–Kier alpha value is -0.280. The molecule has 0 bridgehead atoms. The van der Waals surface area contributed by atoms with Crippen LogP contribution in [0.4, 0.5) is 17.6 Å². The monoisotopic (exact) mass is 252 g/mol. The van der Waals surface area contributed by atoms with Crippen LogP contribution >= 0.6 is 0 Å². The molecule has 0 aliphatic heterocycles. The highest BCUT2D eigenvalue weighted by atomic mass is 19.2. The van der Waals surface area contributed by atoms with Crippen molar-refractivity contribution in [3.05, 3.63) is 0 Å². The standard InChI is InChI=1S/C13H20F4/c1-7-2-3-9(10(14)4-7)8-5-11(15)13(17)12(16)6-8/h7-13H,2-6H2,1H3. The molecule has 0 aromatic carbocycles. The molecule has 2 aliphatic rings. The van der Waals surface area contributed by atoms with Crippen molar-refractivity contribution < 1.29 is 17.6 Å². The summed E-state index contributed by atoms with van der Waals surface area (Å²) in [5.41, 5.74) is 0. The molecule has 17 heavy (non-hydrogen) atoms. The van der Waals surface area contributed by atoms with Crippen molar-refractivity contribution in [1.29, 1.82) is 0 Å². The van der Waals surface area contributed by atoms with Crippen LogP contribution in [0.5, 0.6) is 0 Å². The van der Waals surface area contributed by atoms with E-state index < -0.39 is 24.7 Å². The second-order valence-corrected chi connectivity index (χ2v) is 5.81. The fourth-order valence-corrected chi connectivity index (χ4v) is 3.38. The molecule has 5 unspecified atom stereocenters. The molecule has 0 amide bonds. The molecule has 100 valence electrons. The third kappa shape index (κ3) is 2.76. The summed E-state index contributed by atoms with van der Waals surface area (Å²) in [6.07, 6.45) is -4.44. The SMILES string of the molecule is CC1CCC(C2CC(F)C(F)C(F)C2)C(F)C1. The second kappa shape index (κ2) is 5.15. The van der Waals surface area contributed by atoms with E-state index in [4.69, 9.17) is 0 Å². The minimum Gasteiger partial charge on any atom is -0.247 e. The summed E-state index contributed by atoms with van der Waals surface area (Å²) in [6, 6.07) is 0. The highest BCUT2D eigenvalue weighted by Gasteiger charge is 2.44. The summed E-state index contributed by atoms with van der Waals surface area (Å²) in [5, 5.41) is 0. The van der Waals surface area contributed by atoms with Gasteiger partial charge in [0.05, 0.1) is 0 Å². The molecular formula is C13H20F4. The first-order valence-electron chi connectivity index (χ1n) is 6.55. The largest absolute Gasteiger partial charge is 0.247 e.